The predicted octanol–water partition coefficient (Wildman–Crippen LogP) is 3.92. The van der Waals surface area contributed by atoms with Crippen LogP contribution in [-0.4, -0.2) is 74.5 Å². The van der Waals surface area contributed by atoms with Crippen LogP contribution in [0.25, 0.3) is 0 Å². The van der Waals surface area contributed by atoms with E-state index in [4.69, 9.17) is 0 Å². The van der Waals surface area contributed by atoms with Gasteiger partial charge in [0, 0.05) is 49.7 Å². The van der Waals surface area contributed by atoms with Crippen LogP contribution >= 0.6 is 0 Å². The zero-order chi connectivity index (χ0) is 25.8. The number of piperidine rings is 1. The number of hydrogen-bond donors (Lipinski definition) is 2. The molecule has 5 rings (SSSR count). The zero-order valence-corrected chi connectivity index (χ0v) is 22.3. The van der Waals surface area contributed by atoms with Gasteiger partial charge in [-0.1, -0.05) is 19.1 Å². The van der Waals surface area contributed by atoms with E-state index in [2.05, 4.69) is 51.4 Å². The third-order valence-electron chi connectivity index (χ3n) is 8.57. The van der Waals surface area contributed by atoms with Gasteiger partial charge in [-0.2, -0.15) is 0 Å². The maximum atomic E-state index is 13.0. The summed E-state index contributed by atoms with van der Waals surface area (Å²) in [5, 5.41) is 6.43. The molecule has 1 saturated carbocycles. The quantitative estimate of drug-likeness (QED) is 0.600. The lowest BCUT2D eigenvalue weighted by molar-refractivity contribution is -0.129. The van der Waals surface area contributed by atoms with E-state index in [1.54, 1.807) is 0 Å². The minimum absolute atomic E-state index is 0.0714. The third-order valence-corrected chi connectivity index (χ3v) is 8.57. The predicted molar refractivity (Wildman–Crippen MR) is 149 cm³/mol. The molecule has 1 unspecified atom stereocenters. The lowest BCUT2D eigenvalue weighted by Crippen LogP contribution is -2.54. The van der Waals surface area contributed by atoms with Crippen molar-refractivity contribution in [1.29, 1.82) is 0 Å². The molecule has 0 radical (unpaired) electrons. The van der Waals surface area contributed by atoms with Crippen LogP contribution in [0.3, 0.4) is 0 Å². The normalized spacial score (nSPS) is 22.2. The molecule has 2 heterocycles. The summed E-state index contributed by atoms with van der Waals surface area (Å²) in [5.41, 5.74) is 3.45. The van der Waals surface area contributed by atoms with Gasteiger partial charge in [-0.05, 0) is 94.2 Å². The van der Waals surface area contributed by atoms with E-state index in [9.17, 15) is 9.59 Å². The fourth-order valence-corrected chi connectivity index (χ4v) is 5.96. The summed E-state index contributed by atoms with van der Waals surface area (Å²) in [7, 11) is 2.09. The molecule has 7 nitrogen and oxygen atoms in total. The molecule has 37 heavy (non-hydrogen) atoms. The van der Waals surface area contributed by atoms with Gasteiger partial charge in [-0.25, -0.2) is 0 Å². The molecule has 1 aliphatic carbocycles. The van der Waals surface area contributed by atoms with Crippen molar-refractivity contribution >= 4 is 23.2 Å². The number of benzene rings is 2. The van der Waals surface area contributed by atoms with E-state index in [-0.39, 0.29) is 23.3 Å². The van der Waals surface area contributed by atoms with Crippen LogP contribution in [0.15, 0.2) is 48.5 Å². The van der Waals surface area contributed by atoms with Crippen LogP contribution in [0.5, 0.6) is 0 Å². The number of likely N-dealkylation sites (tertiary alicyclic amines) is 1. The summed E-state index contributed by atoms with van der Waals surface area (Å²) in [6, 6.07) is 15.9. The Bertz CT molecular complexity index is 1070. The van der Waals surface area contributed by atoms with E-state index >= 15 is 0 Å². The van der Waals surface area contributed by atoms with Crippen molar-refractivity contribution in [3.63, 3.8) is 0 Å². The average molecular weight is 504 g/mol. The summed E-state index contributed by atoms with van der Waals surface area (Å²) in [6.07, 6.45) is 5.09. The van der Waals surface area contributed by atoms with Gasteiger partial charge >= 0.3 is 0 Å². The maximum Gasteiger partial charge on any atom is 0.255 e. The average Bonchev–Trinajstić information content (AvgIpc) is 2.91. The van der Waals surface area contributed by atoms with Gasteiger partial charge in [0.05, 0.1) is 11.5 Å². The Labute approximate surface area is 221 Å². The maximum absolute atomic E-state index is 13.0. The first-order valence-corrected chi connectivity index (χ1v) is 14.0. The van der Waals surface area contributed by atoms with Crippen molar-refractivity contribution in [2.75, 3.05) is 63.1 Å². The second-order valence-electron chi connectivity index (χ2n) is 11.0. The van der Waals surface area contributed by atoms with Crippen molar-refractivity contribution in [3.05, 3.63) is 59.7 Å². The number of carbonyl (C=O) groups is 2. The molecule has 0 bridgehead atoms. The Hall–Kier alpha value is -2.90. The summed E-state index contributed by atoms with van der Waals surface area (Å²) in [5.74, 6) is 0.143. The van der Waals surface area contributed by atoms with Crippen LogP contribution in [0.4, 0.5) is 11.4 Å². The lowest BCUT2D eigenvalue weighted by Gasteiger charge is -2.44. The van der Waals surface area contributed by atoms with E-state index in [1.807, 2.05) is 36.4 Å². The van der Waals surface area contributed by atoms with Gasteiger partial charge in [0.1, 0.15) is 0 Å². The first kappa shape index (κ1) is 25.7. The molecule has 2 aromatic rings. The molecular formula is C30H41N5O2. The van der Waals surface area contributed by atoms with Gasteiger partial charge < -0.3 is 25.3 Å². The van der Waals surface area contributed by atoms with Crippen molar-refractivity contribution in [1.82, 2.24) is 15.1 Å². The van der Waals surface area contributed by atoms with Gasteiger partial charge in [-0.3, -0.25) is 9.59 Å². The summed E-state index contributed by atoms with van der Waals surface area (Å²) >= 11 is 0. The molecule has 198 valence electrons. The number of anilines is 2. The number of nitrogens with zero attached hydrogens (tertiary/aromatic N) is 3. The van der Waals surface area contributed by atoms with Gasteiger partial charge in [0.25, 0.3) is 5.91 Å². The zero-order valence-electron chi connectivity index (χ0n) is 22.3. The van der Waals surface area contributed by atoms with Crippen molar-refractivity contribution in [2.45, 2.75) is 44.6 Å². The molecule has 2 aliphatic heterocycles. The standard InChI is InChI=1S/C30H41N5O2/c1-3-34-18-20-35(21-19-34)27-13-7-23(8-14-27)28(36)31-26-11-9-25(10-12-26)30(15-5-16-30)32-29(37)24-6-4-17-33(2)22-24/h7-14,24H,3-6,15-22H2,1-2H3,(H,31,36)(H,32,37). The van der Waals surface area contributed by atoms with Crippen molar-refractivity contribution in [3.8, 4) is 0 Å². The SMILES string of the molecule is CCN1CCN(c2ccc(C(=O)Nc3ccc(C4(NC(=O)C5CCCN(C)C5)CCC4)cc3)cc2)CC1. The number of nitrogens with one attached hydrogen (secondary N) is 2. The van der Waals surface area contributed by atoms with Crippen LogP contribution in [0.2, 0.25) is 0 Å². The highest BCUT2D eigenvalue weighted by Crippen LogP contribution is 2.42. The van der Waals surface area contributed by atoms with Crippen molar-refractivity contribution < 1.29 is 9.59 Å². The van der Waals surface area contributed by atoms with Crippen LogP contribution < -0.4 is 15.5 Å². The fourth-order valence-electron chi connectivity index (χ4n) is 5.96. The van der Waals surface area contributed by atoms with Crippen LogP contribution in [0, 0.1) is 5.92 Å². The Morgan fingerprint density at radius 1 is 0.919 bits per heavy atom. The number of hydrogen-bond acceptors (Lipinski definition) is 5. The Kier molecular flexibility index (Phi) is 7.81. The molecule has 1 atom stereocenters. The molecule has 3 fully saturated rings. The summed E-state index contributed by atoms with van der Waals surface area (Å²) < 4.78 is 0. The molecule has 0 spiro atoms. The van der Waals surface area contributed by atoms with Crippen molar-refractivity contribution in [2.24, 2.45) is 5.92 Å². The summed E-state index contributed by atoms with van der Waals surface area (Å²) in [4.78, 5) is 33.0. The summed E-state index contributed by atoms with van der Waals surface area (Å²) in [6.45, 7) is 9.41. The van der Waals surface area contributed by atoms with E-state index in [0.29, 0.717) is 5.56 Å². The van der Waals surface area contributed by atoms with Gasteiger partial charge in [0.2, 0.25) is 5.91 Å². The molecule has 0 aromatic heterocycles. The van der Waals surface area contributed by atoms with Gasteiger partial charge in [-0.15, -0.1) is 0 Å². The second kappa shape index (κ2) is 11.2. The molecule has 2 amide bonds. The highest BCUT2D eigenvalue weighted by molar-refractivity contribution is 6.04. The number of likely N-dealkylation sites (N-methyl/N-ethyl adjacent to an activating group) is 1. The smallest absolute Gasteiger partial charge is 0.255 e. The molecule has 2 aromatic carbocycles. The van der Waals surface area contributed by atoms with Gasteiger partial charge in [0.15, 0.2) is 0 Å². The van der Waals surface area contributed by atoms with E-state index in [0.717, 1.165) is 89.2 Å². The highest BCUT2D eigenvalue weighted by atomic mass is 16.2. The molecule has 7 heteroatoms. The number of amides is 2. The fraction of sp³-hybridized carbons (Fsp3) is 0.533. The second-order valence-corrected chi connectivity index (χ2v) is 11.0. The molecule has 3 aliphatic rings. The Balaban J connectivity index is 1.18. The first-order valence-electron chi connectivity index (χ1n) is 14.0. The van der Waals surface area contributed by atoms with Crippen LogP contribution in [0.1, 0.15) is 54.9 Å². The third kappa shape index (κ3) is 5.83. The minimum atomic E-state index is -0.270. The lowest BCUT2D eigenvalue weighted by atomic mass is 9.71. The number of carbonyl (C=O) groups excluding carboxylic acids is 2. The Morgan fingerprint density at radius 2 is 1.62 bits per heavy atom. The number of piperazine rings is 1. The number of rotatable bonds is 7. The van der Waals surface area contributed by atoms with Crippen LogP contribution in [-0.2, 0) is 10.3 Å². The van der Waals surface area contributed by atoms with E-state index < -0.39 is 0 Å². The molecule has 2 N–H and O–H groups in total. The molecule has 2 saturated heterocycles. The topological polar surface area (TPSA) is 67.9 Å². The largest absolute Gasteiger partial charge is 0.369 e. The first-order chi connectivity index (χ1) is 18.0. The highest BCUT2D eigenvalue weighted by Gasteiger charge is 2.41. The Morgan fingerprint density at radius 3 is 2.22 bits per heavy atom. The van der Waals surface area contributed by atoms with E-state index in [1.165, 1.54) is 5.69 Å². The minimum Gasteiger partial charge on any atom is -0.369 e. The monoisotopic (exact) mass is 503 g/mol. The molecular weight excluding hydrogens is 462 g/mol.